The van der Waals surface area contributed by atoms with Crippen LogP contribution in [0.3, 0.4) is 0 Å². The normalized spacial score (nSPS) is 17.0. The van der Waals surface area contributed by atoms with Crippen LogP contribution in [-0.4, -0.2) is 40.0 Å². The molecule has 1 aliphatic heterocycles. The Morgan fingerprint density at radius 2 is 1.93 bits per heavy atom. The van der Waals surface area contributed by atoms with E-state index in [2.05, 4.69) is 16.1 Å². The maximum Gasteiger partial charge on any atom is 0.203 e. The maximum atomic E-state index is 5.67. The van der Waals surface area contributed by atoms with E-state index in [1.54, 1.807) is 20.5 Å². The number of ether oxygens (including phenoxy) is 2. The van der Waals surface area contributed by atoms with Crippen molar-refractivity contribution in [2.24, 2.45) is 0 Å². The predicted octanol–water partition coefficient (Wildman–Crippen LogP) is 4.22. The number of aromatic nitrogens is 3. The van der Waals surface area contributed by atoms with Gasteiger partial charge in [-0.3, -0.25) is 9.47 Å². The summed E-state index contributed by atoms with van der Waals surface area (Å²) in [6.07, 6.45) is 4.00. The molecule has 3 aromatic rings. The van der Waals surface area contributed by atoms with Crippen molar-refractivity contribution in [3.8, 4) is 17.2 Å². The van der Waals surface area contributed by atoms with E-state index < -0.39 is 0 Å². The number of para-hydroxylation sites is 1. The topological polar surface area (TPSA) is 44.5 Å². The zero-order valence-corrected chi connectivity index (χ0v) is 16.9. The average Bonchev–Trinajstić information content (AvgIpc) is 3.35. The Morgan fingerprint density at radius 3 is 2.68 bits per heavy atom. The van der Waals surface area contributed by atoms with Gasteiger partial charge in [0.2, 0.25) is 4.77 Å². The molecule has 2 heterocycles. The fourth-order valence-corrected chi connectivity index (χ4v) is 4.07. The molecule has 6 nitrogen and oxygen atoms in total. The summed E-state index contributed by atoms with van der Waals surface area (Å²) < 4.78 is 15.5. The lowest BCUT2D eigenvalue weighted by Crippen LogP contribution is -2.27. The van der Waals surface area contributed by atoms with Gasteiger partial charge >= 0.3 is 0 Å². The van der Waals surface area contributed by atoms with Crippen molar-refractivity contribution in [1.29, 1.82) is 0 Å². The molecule has 2 aromatic carbocycles. The first-order valence-corrected chi connectivity index (χ1v) is 9.78. The summed E-state index contributed by atoms with van der Waals surface area (Å²) in [5, 5.41) is 4.54. The summed E-state index contributed by atoms with van der Waals surface area (Å²) in [7, 11) is 3.37. The van der Waals surface area contributed by atoms with E-state index in [0.29, 0.717) is 11.4 Å². The van der Waals surface area contributed by atoms with Gasteiger partial charge < -0.3 is 9.47 Å². The second kappa shape index (κ2) is 8.16. The van der Waals surface area contributed by atoms with E-state index in [9.17, 15) is 0 Å². The third-order valence-corrected chi connectivity index (χ3v) is 5.65. The minimum Gasteiger partial charge on any atom is -0.497 e. The first kappa shape index (κ1) is 18.7. The molecule has 7 heteroatoms. The highest BCUT2D eigenvalue weighted by atomic mass is 32.1. The maximum absolute atomic E-state index is 5.67. The highest BCUT2D eigenvalue weighted by molar-refractivity contribution is 7.71. The first-order chi connectivity index (χ1) is 13.7. The molecule has 1 fully saturated rings. The molecule has 0 spiro atoms. The molecule has 1 atom stereocenters. The molecule has 0 N–H and O–H groups in total. The quantitative estimate of drug-likeness (QED) is 0.584. The van der Waals surface area contributed by atoms with Gasteiger partial charge in [0.15, 0.2) is 0 Å². The molecule has 0 radical (unpaired) electrons. The lowest BCUT2D eigenvalue weighted by molar-refractivity contribution is 0.187. The lowest BCUT2D eigenvalue weighted by Gasteiger charge is -2.26. The minimum atomic E-state index is 0.268. The third kappa shape index (κ3) is 3.55. The number of hydrogen-bond donors (Lipinski definition) is 0. The van der Waals surface area contributed by atoms with Crippen LogP contribution >= 0.6 is 12.2 Å². The third-order valence-electron chi connectivity index (χ3n) is 5.25. The van der Waals surface area contributed by atoms with Gasteiger partial charge in [0.05, 0.1) is 20.9 Å². The number of likely N-dealkylation sites (tertiary alicyclic amines) is 1. The van der Waals surface area contributed by atoms with Crippen LogP contribution < -0.4 is 9.47 Å². The molecule has 0 bridgehead atoms. The Balaban J connectivity index is 1.59. The molecule has 0 aliphatic carbocycles. The van der Waals surface area contributed by atoms with Crippen LogP contribution in [0.4, 0.5) is 0 Å². The average molecular weight is 397 g/mol. The highest BCUT2D eigenvalue weighted by Crippen LogP contribution is 2.38. The fourth-order valence-electron chi connectivity index (χ4n) is 3.81. The number of benzene rings is 2. The minimum absolute atomic E-state index is 0.268. The van der Waals surface area contributed by atoms with Crippen molar-refractivity contribution in [2.75, 3.05) is 20.8 Å². The van der Waals surface area contributed by atoms with Crippen molar-refractivity contribution in [3.05, 3.63) is 65.2 Å². The Bertz CT molecular complexity index is 999. The van der Waals surface area contributed by atoms with Gasteiger partial charge in [0.25, 0.3) is 0 Å². The molecule has 1 aliphatic rings. The molecule has 0 saturated carbocycles. The first-order valence-electron chi connectivity index (χ1n) is 9.37. The SMILES string of the molecule is COc1ccc([C@@H]2CCCN2Cn2ncn(-c3ccccc3)c2=S)c(OC)c1. The molecule has 1 aromatic heterocycles. The van der Waals surface area contributed by atoms with E-state index >= 15 is 0 Å². The van der Waals surface area contributed by atoms with Gasteiger partial charge in [0.1, 0.15) is 17.8 Å². The van der Waals surface area contributed by atoms with E-state index in [1.807, 2.05) is 51.7 Å². The van der Waals surface area contributed by atoms with Crippen LogP contribution in [0.1, 0.15) is 24.4 Å². The van der Waals surface area contributed by atoms with Crippen molar-refractivity contribution < 1.29 is 9.47 Å². The molecule has 4 rings (SSSR count). The smallest absolute Gasteiger partial charge is 0.203 e. The van der Waals surface area contributed by atoms with Gasteiger partial charge in [-0.2, -0.15) is 5.10 Å². The van der Waals surface area contributed by atoms with E-state index in [0.717, 1.165) is 36.6 Å². The van der Waals surface area contributed by atoms with Crippen molar-refractivity contribution in [2.45, 2.75) is 25.6 Å². The number of nitrogens with zero attached hydrogens (tertiary/aromatic N) is 4. The van der Waals surface area contributed by atoms with E-state index in [-0.39, 0.29) is 6.04 Å². The number of rotatable bonds is 6. The van der Waals surface area contributed by atoms with Gasteiger partial charge in [-0.15, -0.1) is 0 Å². The second-order valence-electron chi connectivity index (χ2n) is 6.84. The molecular formula is C21H24N4O2S. The highest BCUT2D eigenvalue weighted by Gasteiger charge is 2.29. The molecular weight excluding hydrogens is 372 g/mol. The number of methoxy groups -OCH3 is 2. The number of hydrogen-bond acceptors (Lipinski definition) is 5. The molecule has 146 valence electrons. The van der Waals surface area contributed by atoms with Crippen LogP contribution in [-0.2, 0) is 6.67 Å². The monoisotopic (exact) mass is 396 g/mol. The summed E-state index contributed by atoms with van der Waals surface area (Å²) in [5.74, 6) is 1.66. The molecule has 1 saturated heterocycles. The van der Waals surface area contributed by atoms with Crippen LogP contribution in [0.2, 0.25) is 0 Å². The summed E-state index contributed by atoms with van der Waals surface area (Å²) in [4.78, 5) is 2.41. The van der Waals surface area contributed by atoms with Crippen molar-refractivity contribution >= 4 is 12.2 Å². The molecule has 28 heavy (non-hydrogen) atoms. The van der Waals surface area contributed by atoms with E-state index in [1.165, 1.54) is 5.56 Å². The van der Waals surface area contributed by atoms with Crippen LogP contribution in [0.5, 0.6) is 11.5 Å². The van der Waals surface area contributed by atoms with Gasteiger partial charge in [-0.25, -0.2) is 4.68 Å². The van der Waals surface area contributed by atoms with Gasteiger partial charge in [-0.05, 0) is 43.3 Å². The Labute approximate surface area is 169 Å². The fraction of sp³-hybridized carbons (Fsp3) is 0.333. The Hall–Kier alpha value is -2.64. The van der Waals surface area contributed by atoms with Crippen LogP contribution in [0.15, 0.2) is 54.9 Å². The summed E-state index contributed by atoms with van der Waals surface area (Å²) in [6.45, 7) is 1.65. The predicted molar refractivity (Wildman–Crippen MR) is 111 cm³/mol. The van der Waals surface area contributed by atoms with Crippen molar-refractivity contribution in [1.82, 2.24) is 19.2 Å². The summed E-state index contributed by atoms with van der Waals surface area (Å²) >= 11 is 5.67. The molecule has 0 unspecified atom stereocenters. The van der Waals surface area contributed by atoms with Gasteiger partial charge in [0, 0.05) is 29.9 Å². The Kier molecular flexibility index (Phi) is 5.45. The standard InChI is InChI=1S/C21H24N4O2S/c1-26-17-10-11-18(20(13-17)27-2)19-9-6-12-23(19)15-25-21(28)24(14-22-25)16-7-4-3-5-8-16/h3-5,7-8,10-11,13-14,19H,6,9,12,15H2,1-2H3/t19-/m0/s1. The lowest BCUT2D eigenvalue weighted by atomic mass is 10.0. The van der Waals surface area contributed by atoms with Crippen LogP contribution in [0.25, 0.3) is 5.69 Å². The van der Waals surface area contributed by atoms with Gasteiger partial charge in [-0.1, -0.05) is 24.3 Å². The summed E-state index contributed by atoms with van der Waals surface area (Å²) in [5.41, 5.74) is 2.20. The molecule has 0 amide bonds. The van der Waals surface area contributed by atoms with Crippen molar-refractivity contribution in [3.63, 3.8) is 0 Å². The van der Waals surface area contributed by atoms with Crippen LogP contribution in [0, 0.1) is 4.77 Å². The Morgan fingerprint density at radius 1 is 1.11 bits per heavy atom. The largest absolute Gasteiger partial charge is 0.497 e. The van der Waals surface area contributed by atoms with E-state index in [4.69, 9.17) is 21.7 Å². The second-order valence-corrected chi connectivity index (χ2v) is 7.20. The summed E-state index contributed by atoms with van der Waals surface area (Å²) in [6, 6.07) is 16.4. The zero-order chi connectivity index (χ0) is 19.5. The zero-order valence-electron chi connectivity index (χ0n) is 16.1.